The van der Waals surface area contributed by atoms with Crippen LogP contribution >= 0.6 is 0 Å². The zero-order chi connectivity index (χ0) is 12.4. The highest BCUT2D eigenvalue weighted by Crippen LogP contribution is 1.90. The quantitative estimate of drug-likeness (QED) is 0.469. The van der Waals surface area contributed by atoms with Crippen LogP contribution in [0.15, 0.2) is 0 Å². The van der Waals surface area contributed by atoms with E-state index >= 15 is 0 Å². The minimum atomic E-state index is -0.240. The smallest absolute Gasteiger partial charge is 0.305 e. The van der Waals surface area contributed by atoms with Gasteiger partial charge in [-0.15, -0.1) is 0 Å². The summed E-state index contributed by atoms with van der Waals surface area (Å²) in [5.74, 6) is -0.228. The van der Waals surface area contributed by atoms with E-state index in [-0.39, 0.29) is 11.9 Å². The van der Waals surface area contributed by atoms with Crippen molar-refractivity contribution in [3.63, 3.8) is 0 Å². The van der Waals surface area contributed by atoms with Crippen LogP contribution in [0.3, 0.4) is 0 Å². The third kappa shape index (κ3) is 9.45. The lowest BCUT2D eigenvalue weighted by Gasteiger charge is -2.08. The van der Waals surface area contributed by atoms with Gasteiger partial charge in [0.05, 0.1) is 7.11 Å². The number of methoxy groups -OCH3 is 1. The number of amides is 1. The lowest BCUT2D eigenvalue weighted by molar-refractivity contribution is -0.140. The van der Waals surface area contributed by atoms with E-state index in [2.05, 4.69) is 15.4 Å². The summed E-state index contributed by atoms with van der Waals surface area (Å²) in [7, 11) is 1.36. The van der Waals surface area contributed by atoms with Gasteiger partial charge in [0.1, 0.15) is 0 Å². The fraction of sp³-hybridized carbons (Fsp3) is 0.818. The zero-order valence-corrected chi connectivity index (χ0v) is 10.3. The first-order chi connectivity index (χ1) is 7.56. The summed E-state index contributed by atoms with van der Waals surface area (Å²) < 4.78 is 4.49. The van der Waals surface area contributed by atoms with Crippen LogP contribution in [0.25, 0.3) is 0 Å². The number of carbonyl (C=O) groups excluding carboxylic acids is 2. The van der Waals surface area contributed by atoms with Gasteiger partial charge in [-0.3, -0.25) is 9.59 Å². The predicted molar refractivity (Wildman–Crippen MR) is 62.0 cm³/mol. The van der Waals surface area contributed by atoms with Gasteiger partial charge < -0.3 is 15.4 Å². The second-order valence-corrected chi connectivity index (χ2v) is 3.89. The topological polar surface area (TPSA) is 67.4 Å². The Kier molecular flexibility index (Phi) is 8.52. The lowest BCUT2D eigenvalue weighted by Crippen LogP contribution is -2.31. The van der Waals surface area contributed by atoms with E-state index in [1.807, 2.05) is 13.8 Å². The fourth-order valence-electron chi connectivity index (χ4n) is 1.13. The molecule has 0 aliphatic carbocycles. The maximum absolute atomic E-state index is 11.3. The van der Waals surface area contributed by atoms with Crippen molar-refractivity contribution in [1.82, 2.24) is 10.6 Å². The molecule has 0 heterocycles. The molecule has 0 aliphatic heterocycles. The standard InChI is InChI=1S/C11H22N2O3/c1-9(2)12-8-6-10(14)13-7-4-5-11(15)16-3/h9,12H,4-8H2,1-3H3,(H,13,14). The van der Waals surface area contributed by atoms with Crippen LogP contribution in [0.5, 0.6) is 0 Å². The van der Waals surface area contributed by atoms with Crippen molar-refractivity contribution in [2.75, 3.05) is 20.2 Å². The van der Waals surface area contributed by atoms with Crippen molar-refractivity contribution in [2.45, 2.75) is 39.2 Å². The van der Waals surface area contributed by atoms with Gasteiger partial charge in [0.2, 0.25) is 5.91 Å². The molecule has 0 bridgehead atoms. The third-order valence-electron chi connectivity index (χ3n) is 2.01. The Hall–Kier alpha value is -1.10. The molecule has 5 nitrogen and oxygen atoms in total. The number of rotatable bonds is 8. The van der Waals surface area contributed by atoms with E-state index in [0.29, 0.717) is 38.4 Å². The van der Waals surface area contributed by atoms with Gasteiger partial charge in [-0.2, -0.15) is 0 Å². The van der Waals surface area contributed by atoms with Crippen molar-refractivity contribution in [3.05, 3.63) is 0 Å². The first kappa shape index (κ1) is 14.9. The second kappa shape index (κ2) is 9.15. The summed E-state index contributed by atoms with van der Waals surface area (Å²) in [4.78, 5) is 22.0. The first-order valence-corrected chi connectivity index (χ1v) is 5.63. The average molecular weight is 230 g/mol. The normalized spacial score (nSPS) is 10.2. The molecule has 16 heavy (non-hydrogen) atoms. The second-order valence-electron chi connectivity index (χ2n) is 3.89. The van der Waals surface area contributed by atoms with E-state index in [9.17, 15) is 9.59 Å². The Labute approximate surface area is 96.9 Å². The number of hydrogen-bond donors (Lipinski definition) is 2. The molecule has 1 amide bonds. The Morgan fingerprint density at radius 1 is 1.19 bits per heavy atom. The Balaban J connectivity index is 3.34. The van der Waals surface area contributed by atoms with Gasteiger partial charge in [-0.25, -0.2) is 0 Å². The summed E-state index contributed by atoms with van der Waals surface area (Å²) in [6.07, 6.45) is 1.44. The highest BCUT2D eigenvalue weighted by atomic mass is 16.5. The van der Waals surface area contributed by atoms with Crippen LogP contribution in [0.2, 0.25) is 0 Å². The summed E-state index contributed by atoms with van der Waals surface area (Å²) in [6.45, 7) is 5.28. The number of esters is 1. The molecule has 5 heteroatoms. The van der Waals surface area contributed by atoms with Gasteiger partial charge in [0.15, 0.2) is 0 Å². The molecule has 0 radical (unpaired) electrons. The van der Waals surface area contributed by atoms with Crippen LogP contribution < -0.4 is 10.6 Å². The van der Waals surface area contributed by atoms with Gasteiger partial charge >= 0.3 is 5.97 Å². The number of hydrogen-bond acceptors (Lipinski definition) is 4. The van der Waals surface area contributed by atoms with E-state index in [4.69, 9.17) is 0 Å². The molecule has 0 aromatic heterocycles. The van der Waals surface area contributed by atoms with Gasteiger partial charge in [-0.05, 0) is 6.42 Å². The third-order valence-corrected chi connectivity index (χ3v) is 2.01. The molecule has 0 saturated carbocycles. The van der Waals surface area contributed by atoms with E-state index in [0.717, 1.165) is 0 Å². The number of nitrogens with one attached hydrogen (secondary N) is 2. The minimum absolute atomic E-state index is 0.0121. The number of carbonyl (C=O) groups is 2. The fourth-order valence-corrected chi connectivity index (χ4v) is 1.13. The maximum Gasteiger partial charge on any atom is 0.305 e. The molecule has 0 saturated heterocycles. The first-order valence-electron chi connectivity index (χ1n) is 5.63. The van der Waals surface area contributed by atoms with E-state index in [1.54, 1.807) is 0 Å². The highest BCUT2D eigenvalue weighted by Gasteiger charge is 2.03. The van der Waals surface area contributed by atoms with Crippen molar-refractivity contribution in [3.8, 4) is 0 Å². The van der Waals surface area contributed by atoms with Crippen LogP contribution in [0, 0.1) is 0 Å². The molecule has 0 unspecified atom stereocenters. The summed E-state index contributed by atoms with van der Waals surface area (Å²) in [6, 6.07) is 0.395. The molecule has 0 rings (SSSR count). The molecular formula is C11H22N2O3. The Morgan fingerprint density at radius 2 is 1.88 bits per heavy atom. The maximum atomic E-state index is 11.3. The molecule has 0 fully saturated rings. The van der Waals surface area contributed by atoms with Crippen molar-refractivity contribution in [1.29, 1.82) is 0 Å². The molecule has 0 aliphatic rings. The zero-order valence-electron chi connectivity index (χ0n) is 10.3. The highest BCUT2D eigenvalue weighted by molar-refractivity contribution is 5.76. The minimum Gasteiger partial charge on any atom is -0.469 e. The van der Waals surface area contributed by atoms with Crippen LogP contribution in [0.4, 0.5) is 0 Å². The molecule has 0 aromatic rings. The van der Waals surface area contributed by atoms with Crippen molar-refractivity contribution in [2.24, 2.45) is 0 Å². The van der Waals surface area contributed by atoms with Crippen molar-refractivity contribution >= 4 is 11.9 Å². The SMILES string of the molecule is COC(=O)CCCNC(=O)CCNC(C)C. The summed E-state index contributed by atoms with van der Waals surface area (Å²) >= 11 is 0. The molecular weight excluding hydrogens is 208 g/mol. The summed E-state index contributed by atoms with van der Waals surface area (Å²) in [5, 5.41) is 5.91. The monoisotopic (exact) mass is 230 g/mol. The average Bonchev–Trinajstić information content (AvgIpc) is 2.23. The molecule has 0 aromatic carbocycles. The van der Waals surface area contributed by atoms with Crippen molar-refractivity contribution < 1.29 is 14.3 Å². The van der Waals surface area contributed by atoms with Gasteiger partial charge in [-0.1, -0.05) is 13.8 Å². The molecule has 0 atom stereocenters. The van der Waals surface area contributed by atoms with Crippen LogP contribution in [-0.4, -0.2) is 38.1 Å². The Bertz CT molecular complexity index is 217. The van der Waals surface area contributed by atoms with E-state index in [1.165, 1.54) is 7.11 Å². The van der Waals surface area contributed by atoms with Gasteiger partial charge in [0, 0.05) is 32.0 Å². The predicted octanol–water partition coefficient (Wildman–Crippen LogP) is 0.444. The van der Waals surface area contributed by atoms with Crippen LogP contribution in [0.1, 0.15) is 33.1 Å². The molecule has 94 valence electrons. The summed E-state index contributed by atoms with van der Waals surface area (Å²) in [5.41, 5.74) is 0. The van der Waals surface area contributed by atoms with E-state index < -0.39 is 0 Å². The van der Waals surface area contributed by atoms with Crippen LogP contribution in [-0.2, 0) is 14.3 Å². The molecule has 2 N–H and O–H groups in total. The largest absolute Gasteiger partial charge is 0.469 e. The molecule has 0 spiro atoms. The number of ether oxygens (including phenoxy) is 1. The van der Waals surface area contributed by atoms with Gasteiger partial charge in [0.25, 0.3) is 0 Å². The lowest BCUT2D eigenvalue weighted by atomic mass is 10.3. The Morgan fingerprint density at radius 3 is 2.44 bits per heavy atom.